The average Bonchev–Trinajstić information content (AvgIpc) is 3.87. The number of amides is 2. The van der Waals surface area contributed by atoms with Crippen LogP contribution in [0.4, 0.5) is 25.1 Å². The van der Waals surface area contributed by atoms with E-state index in [0.29, 0.717) is 45.5 Å². The average molecular weight is 744 g/mol. The standard InChI is InChI=1S/C37H36ClF2N9O4/c1-18-20(7-6-10-23(18)42-30-27-32(45-31(44-30)29(39)40)47(2)36(52)48(3)34(27)50)21-8-5-9-22(28(21)38)24-15-19-11-12-25(26(19)33(43-24)53-4)49-14-13-37(17-49)16-41-35(51)46-37/h5-10,15,25,29H,11-14,16-17H2,1-4H3,(H2,41,46,51)(H,42,44,45)/t25-,37-/m1/s1. The van der Waals surface area contributed by atoms with E-state index in [9.17, 15) is 23.2 Å². The number of alkyl halides is 2. The van der Waals surface area contributed by atoms with Gasteiger partial charge in [-0.05, 0) is 55.0 Å². The summed E-state index contributed by atoms with van der Waals surface area (Å²) in [5.41, 5.74) is 4.34. The summed E-state index contributed by atoms with van der Waals surface area (Å²) in [5.74, 6) is -0.425. The summed E-state index contributed by atoms with van der Waals surface area (Å²) in [5, 5.41) is 9.45. The number of rotatable bonds is 7. The van der Waals surface area contributed by atoms with Gasteiger partial charge in [0.25, 0.3) is 12.0 Å². The number of hydrogen-bond donors (Lipinski definition) is 3. The molecule has 2 atom stereocenters. The Hall–Kier alpha value is -5.41. The summed E-state index contributed by atoms with van der Waals surface area (Å²) in [4.78, 5) is 53.0. The highest BCUT2D eigenvalue weighted by atomic mass is 35.5. The fourth-order valence-electron chi connectivity index (χ4n) is 8.03. The van der Waals surface area contributed by atoms with Gasteiger partial charge in [0.15, 0.2) is 11.5 Å². The lowest BCUT2D eigenvalue weighted by atomic mass is 9.96. The fraction of sp³-hybridized carbons (Fsp3) is 0.351. The summed E-state index contributed by atoms with van der Waals surface area (Å²) in [6.45, 7) is 4.06. The molecule has 0 radical (unpaired) electrons. The SMILES string of the molecule is COc1nc(-c2cccc(-c3cccc(Nc4nc(C(F)F)nc5c4c(=O)n(C)c(=O)n5C)c3C)c2Cl)cc2c1[C@H](N1CC[C@@]3(CNC(=O)N3)C1)CC2. The number of urea groups is 1. The van der Waals surface area contributed by atoms with Gasteiger partial charge >= 0.3 is 11.7 Å². The molecule has 1 spiro atoms. The number of hydrogen-bond acceptors (Lipinski definition) is 9. The van der Waals surface area contributed by atoms with Crippen molar-refractivity contribution in [1.82, 2.24) is 39.6 Å². The van der Waals surface area contributed by atoms with E-state index < -0.39 is 23.5 Å². The summed E-state index contributed by atoms with van der Waals surface area (Å²) in [6, 6.07) is 13.2. The van der Waals surface area contributed by atoms with Crippen LogP contribution < -0.4 is 31.9 Å². The number of likely N-dealkylation sites (tertiary alicyclic amines) is 1. The molecule has 2 aromatic carbocycles. The summed E-state index contributed by atoms with van der Waals surface area (Å²) < 4.78 is 35.7. The van der Waals surface area contributed by atoms with Gasteiger partial charge in [0.2, 0.25) is 5.88 Å². The third kappa shape index (κ3) is 5.69. The molecule has 2 aliphatic heterocycles. The molecule has 3 aliphatic rings. The molecule has 0 saturated carbocycles. The number of ether oxygens (including phenoxy) is 1. The van der Waals surface area contributed by atoms with Crippen LogP contribution in [0.1, 0.15) is 47.8 Å². The number of carbonyl (C=O) groups is 1. The van der Waals surface area contributed by atoms with Crippen molar-refractivity contribution in [1.29, 1.82) is 0 Å². The predicted molar refractivity (Wildman–Crippen MR) is 196 cm³/mol. The minimum Gasteiger partial charge on any atom is -0.481 e. The van der Waals surface area contributed by atoms with E-state index in [1.165, 1.54) is 14.1 Å². The molecule has 3 N–H and O–H groups in total. The van der Waals surface area contributed by atoms with Crippen LogP contribution in [0.5, 0.6) is 5.88 Å². The molecular formula is C37H36ClF2N9O4. The maximum absolute atomic E-state index is 13.9. The number of nitrogens with zero attached hydrogens (tertiary/aromatic N) is 6. The second-order valence-electron chi connectivity index (χ2n) is 13.9. The third-order valence-electron chi connectivity index (χ3n) is 10.8. The quantitative estimate of drug-likeness (QED) is 0.206. The molecule has 0 unspecified atom stereocenters. The Morgan fingerprint density at radius 1 is 1.04 bits per heavy atom. The predicted octanol–water partition coefficient (Wildman–Crippen LogP) is 5.15. The highest BCUT2D eigenvalue weighted by Gasteiger charge is 2.47. The second kappa shape index (κ2) is 12.9. The van der Waals surface area contributed by atoms with E-state index in [4.69, 9.17) is 21.3 Å². The van der Waals surface area contributed by atoms with E-state index in [1.807, 2.05) is 31.2 Å². The number of halogens is 3. The molecule has 1 aliphatic carbocycles. The van der Waals surface area contributed by atoms with Crippen LogP contribution in [0.3, 0.4) is 0 Å². The van der Waals surface area contributed by atoms with Crippen molar-refractivity contribution in [3.05, 3.63) is 90.8 Å². The molecule has 2 saturated heterocycles. The van der Waals surface area contributed by atoms with Gasteiger partial charge in [-0.15, -0.1) is 0 Å². The maximum Gasteiger partial charge on any atom is 0.332 e. The number of pyridine rings is 1. The van der Waals surface area contributed by atoms with Gasteiger partial charge in [0.1, 0.15) is 11.2 Å². The number of methoxy groups -OCH3 is 1. The maximum atomic E-state index is 13.9. The molecule has 0 bridgehead atoms. The number of carbonyl (C=O) groups excluding carboxylic acids is 1. The van der Waals surface area contributed by atoms with Crippen molar-refractivity contribution in [2.75, 3.05) is 32.1 Å². The number of benzene rings is 2. The Labute approximate surface area is 307 Å². The molecular weight excluding hydrogens is 708 g/mol. The lowest BCUT2D eigenvalue weighted by Crippen LogP contribution is -2.46. The zero-order valence-corrected chi connectivity index (χ0v) is 30.1. The van der Waals surface area contributed by atoms with Crippen LogP contribution in [0, 0.1) is 6.92 Å². The van der Waals surface area contributed by atoms with Crippen molar-refractivity contribution in [2.45, 2.75) is 44.2 Å². The van der Waals surface area contributed by atoms with Gasteiger partial charge in [-0.1, -0.05) is 41.9 Å². The van der Waals surface area contributed by atoms with Crippen molar-refractivity contribution in [2.24, 2.45) is 14.1 Å². The van der Waals surface area contributed by atoms with Crippen molar-refractivity contribution >= 4 is 40.2 Å². The first kappa shape index (κ1) is 34.7. The topological polar surface area (TPSA) is 148 Å². The van der Waals surface area contributed by atoms with Crippen LogP contribution >= 0.6 is 11.6 Å². The van der Waals surface area contributed by atoms with Gasteiger partial charge in [-0.3, -0.25) is 18.8 Å². The number of anilines is 2. The van der Waals surface area contributed by atoms with Crippen molar-refractivity contribution in [3.63, 3.8) is 0 Å². The normalized spacial score (nSPS) is 19.6. The van der Waals surface area contributed by atoms with Crippen LogP contribution in [0.25, 0.3) is 33.4 Å². The minimum absolute atomic E-state index is 0.103. The van der Waals surface area contributed by atoms with E-state index in [2.05, 4.69) is 36.9 Å². The van der Waals surface area contributed by atoms with Gasteiger partial charge in [-0.25, -0.2) is 33.3 Å². The van der Waals surface area contributed by atoms with Gasteiger partial charge < -0.3 is 20.7 Å². The first-order valence-corrected chi connectivity index (χ1v) is 17.6. The number of fused-ring (bicyclic) bond motifs is 2. The first-order valence-electron chi connectivity index (χ1n) is 17.2. The largest absolute Gasteiger partial charge is 0.481 e. The molecule has 5 aromatic rings. The van der Waals surface area contributed by atoms with Crippen LogP contribution in [0.2, 0.25) is 5.02 Å². The molecule has 2 amide bonds. The molecule has 53 heavy (non-hydrogen) atoms. The van der Waals surface area contributed by atoms with Crippen LogP contribution in [0.15, 0.2) is 52.1 Å². The minimum atomic E-state index is -3.04. The zero-order valence-electron chi connectivity index (χ0n) is 29.4. The Balaban J connectivity index is 1.15. The number of aromatic nitrogens is 5. The number of aryl methyl sites for hydroxylation is 2. The monoisotopic (exact) mass is 743 g/mol. The Bertz CT molecular complexity index is 2470. The van der Waals surface area contributed by atoms with Gasteiger partial charge in [-0.2, -0.15) is 0 Å². The molecule has 2 fully saturated rings. The molecule has 13 nitrogen and oxygen atoms in total. The lowest BCUT2D eigenvalue weighted by molar-refractivity contribution is 0.141. The molecule has 274 valence electrons. The van der Waals surface area contributed by atoms with Crippen molar-refractivity contribution < 1.29 is 18.3 Å². The summed E-state index contributed by atoms with van der Waals surface area (Å²) in [7, 11) is 4.28. The Morgan fingerprint density at radius 3 is 2.53 bits per heavy atom. The molecule has 5 heterocycles. The van der Waals surface area contributed by atoms with Gasteiger partial charge in [0.05, 0.1) is 23.4 Å². The molecule has 8 rings (SSSR count). The highest BCUT2D eigenvalue weighted by molar-refractivity contribution is 6.36. The Kier molecular flexibility index (Phi) is 8.45. The van der Waals surface area contributed by atoms with E-state index in [0.717, 1.165) is 58.2 Å². The third-order valence-corrected chi connectivity index (χ3v) is 11.2. The lowest BCUT2D eigenvalue weighted by Gasteiger charge is -2.28. The summed E-state index contributed by atoms with van der Waals surface area (Å²) >= 11 is 7.20. The Morgan fingerprint density at radius 2 is 1.79 bits per heavy atom. The number of nitrogens with one attached hydrogen (secondary N) is 3. The van der Waals surface area contributed by atoms with E-state index in [1.54, 1.807) is 19.2 Å². The van der Waals surface area contributed by atoms with Crippen LogP contribution in [-0.2, 0) is 20.5 Å². The smallest absolute Gasteiger partial charge is 0.332 e. The highest BCUT2D eigenvalue weighted by Crippen LogP contribution is 2.46. The first-order chi connectivity index (χ1) is 25.4. The second-order valence-corrected chi connectivity index (χ2v) is 14.2. The van der Waals surface area contributed by atoms with E-state index in [-0.39, 0.29) is 34.5 Å². The van der Waals surface area contributed by atoms with Gasteiger partial charge in [0, 0.05) is 62.1 Å². The van der Waals surface area contributed by atoms with Crippen molar-refractivity contribution in [3.8, 4) is 28.3 Å². The molecule has 3 aromatic heterocycles. The van der Waals surface area contributed by atoms with E-state index >= 15 is 0 Å². The zero-order chi connectivity index (χ0) is 37.3. The summed E-state index contributed by atoms with van der Waals surface area (Å²) in [6.07, 6.45) is -0.428. The molecule has 16 heteroatoms. The van der Waals surface area contributed by atoms with Crippen LogP contribution in [-0.4, -0.2) is 67.3 Å². The fourth-order valence-corrected chi connectivity index (χ4v) is 8.35.